The highest BCUT2D eigenvalue weighted by atomic mass is 14.8. The summed E-state index contributed by atoms with van der Waals surface area (Å²) in [6.07, 6.45) is 4.59. The van der Waals surface area contributed by atoms with Crippen molar-refractivity contribution >= 4 is 5.57 Å². The molecule has 0 saturated carbocycles. The van der Waals surface area contributed by atoms with Crippen molar-refractivity contribution in [2.24, 2.45) is 0 Å². The van der Waals surface area contributed by atoms with Crippen molar-refractivity contribution < 1.29 is 0 Å². The Labute approximate surface area is 127 Å². The SMILES string of the molecule is CNCCC=C1c2ccccc2CC1(C)c1ccccc1. The lowest BCUT2D eigenvalue weighted by Gasteiger charge is -2.27. The molecule has 1 nitrogen and oxygen atoms in total. The zero-order valence-electron chi connectivity index (χ0n) is 12.9. The van der Waals surface area contributed by atoms with Crippen LogP contribution in [-0.2, 0) is 11.8 Å². The molecule has 1 unspecified atom stereocenters. The Bertz CT molecular complexity index is 642. The molecule has 1 aliphatic carbocycles. The van der Waals surface area contributed by atoms with Gasteiger partial charge in [0.15, 0.2) is 0 Å². The van der Waals surface area contributed by atoms with E-state index in [1.165, 1.54) is 22.3 Å². The summed E-state index contributed by atoms with van der Waals surface area (Å²) in [6.45, 7) is 3.41. The number of nitrogens with one attached hydrogen (secondary N) is 1. The summed E-state index contributed by atoms with van der Waals surface area (Å²) in [5.74, 6) is 0. The summed E-state index contributed by atoms with van der Waals surface area (Å²) >= 11 is 0. The second-order valence-corrected chi connectivity index (χ2v) is 6.04. The Balaban J connectivity index is 2.06. The maximum Gasteiger partial charge on any atom is 0.0218 e. The molecular formula is C20H23N. The van der Waals surface area contributed by atoms with E-state index in [1.54, 1.807) is 0 Å². The first-order chi connectivity index (χ1) is 10.3. The van der Waals surface area contributed by atoms with Gasteiger partial charge < -0.3 is 5.32 Å². The molecule has 1 heteroatoms. The molecule has 0 aliphatic heterocycles. The van der Waals surface area contributed by atoms with Gasteiger partial charge in [-0.25, -0.2) is 0 Å². The molecule has 3 rings (SSSR count). The molecule has 108 valence electrons. The largest absolute Gasteiger partial charge is 0.319 e. The third-order valence-corrected chi connectivity index (χ3v) is 4.60. The Morgan fingerprint density at radius 2 is 1.76 bits per heavy atom. The standard InChI is InChI=1S/C20H23N/c1-20(17-10-4-3-5-11-17)15-16-9-6-7-12-18(16)19(20)13-8-14-21-2/h3-7,9-13,21H,8,14-15H2,1-2H3. The van der Waals surface area contributed by atoms with Crippen LogP contribution in [-0.4, -0.2) is 13.6 Å². The molecule has 1 atom stereocenters. The van der Waals surface area contributed by atoms with Gasteiger partial charge in [-0.2, -0.15) is 0 Å². The quantitative estimate of drug-likeness (QED) is 0.826. The van der Waals surface area contributed by atoms with Crippen LogP contribution in [0.1, 0.15) is 30.0 Å². The zero-order chi connectivity index (χ0) is 14.7. The maximum absolute atomic E-state index is 3.24. The fourth-order valence-electron chi connectivity index (χ4n) is 3.47. The highest BCUT2D eigenvalue weighted by molar-refractivity contribution is 5.81. The first kappa shape index (κ1) is 14.1. The van der Waals surface area contributed by atoms with Gasteiger partial charge in [-0.15, -0.1) is 0 Å². The maximum atomic E-state index is 3.24. The second-order valence-electron chi connectivity index (χ2n) is 6.04. The predicted octanol–water partition coefficient (Wildman–Crippen LogP) is 4.19. The van der Waals surface area contributed by atoms with Crippen LogP contribution >= 0.6 is 0 Å². The first-order valence-electron chi connectivity index (χ1n) is 7.75. The summed E-state index contributed by atoms with van der Waals surface area (Å²) in [6, 6.07) is 19.8. The van der Waals surface area contributed by atoms with E-state index in [4.69, 9.17) is 0 Å². The number of fused-ring (bicyclic) bond motifs is 1. The molecule has 0 aromatic heterocycles. The van der Waals surface area contributed by atoms with E-state index < -0.39 is 0 Å². The van der Waals surface area contributed by atoms with Gasteiger partial charge in [-0.3, -0.25) is 0 Å². The van der Waals surface area contributed by atoms with Crippen LogP contribution in [0.2, 0.25) is 0 Å². The Morgan fingerprint density at radius 1 is 1.05 bits per heavy atom. The molecule has 0 fully saturated rings. The molecule has 21 heavy (non-hydrogen) atoms. The van der Waals surface area contributed by atoms with E-state index in [0.29, 0.717) is 0 Å². The number of benzene rings is 2. The Morgan fingerprint density at radius 3 is 2.52 bits per heavy atom. The number of rotatable bonds is 4. The summed E-state index contributed by atoms with van der Waals surface area (Å²) in [5.41, 5.74) is 5.90. The van der Waals surface area contributed by atoms with E-state index in [-0.39, 0.29) is 5.41 Å². The first-order valence-corrected chi connectivity index (χ1v) is 7.75. The molecule has 2 aromatic rings. The van der Waals surface area contributed by atoms with Crippen molar-refractivity contribution in [3.8, 4) is 0 Å². The minimum atomic E-state index is 0.0959. The van der Waals surface area contributed by atoms with Crippen LogP contribution in [0.5, 0.6) is 0 Å². The van der Waals surface area contributed by atoms with Gasteiger partial charge in [0.2, 0.25) is 0 Å². The van der Waals surface area contributed by atoms with Gasteiger partial charge in [0.25, 0.3) is 0 Å². The van der Waals surface area contributed by atoms with Crippen molar-refractivity contribution in [2.75, 3.05) is 13.6 Å². The molecule has 0 radical (unpaired) electrons. The summed E-state index contributed by atoms with van der Waals surface area (Å²) in [7, 11) is 2.01. The topological polar surface area (TPSA) is 12.0 Å². The molecule has 1 aliphatic rings. The Hall–Kier alpha value is -1.86. The molecule has 0 saturated heterocycles. The van der Waals surface area contributed by atoms with Gasteiger partial charge in [0, 0.05) is 5.41 Å². The smallest absolute Gasteiger partial charge is 0.0218 e. The van der Waals surface area contributed by atoms with Gasteiger partial charge in [0.05, 0.1) is 0 Å². The lowest BCUT2D eigenvalue weighted by Crippen LogP contribution is -2.21. The van der Waals surface area contributed by atoms with E-state index >= 15 is 0 Å². The number of hydrogen-bond acceptors (Lipinski definition) is 1. The lowest BCUT2D eigenvalue weighted by molar-refractivity contribution is 0.635. The van der Waals surface area contributed by atoms with E-state index in [2.05, 4.69) is 72.9 Å². The van der Waals surface area contributed by atoms with Gasteiger partial charge in [-0.05, 0) is 48.7 Å². The summed E-state index contributed by atoms with van der Waals surface area (Å²) in [5, 5.41) is 3.24. The van der Waals surface area contributed by atoms with Crippen LogP contribution in [0, 0.1) is 0 Å². The average Bonchev–Trinajstić information content (AvgIpc) is 2.82. The molecule has 2 aromatic carbocycles. The highest BCUT2D eigenvalue weighted by Gasteiger charge is 2.38. The van der Waals surface area contributed by atoms with Gasteiger partial charge in [-0.1, -0.05) is 67.6 Å². The van der Waals surface area contributed by atoms with Crippen molar-refractivity contribution in [3.63, 3.8) is 0 Å². The van der Waals surface area contributed by atoms with Gasteiger partial charge >= 0.3 is 0 Å². The van der Waals surface area contributed by atoms with E-state index in [9.17, 15) is 0 Å². The normalized spacial score (nSPS) is 22.5. The monoisotopic (exact) mass is 277 g/mol. The predicted molar refractivity (Wildman–Crippen MR) is 90.5 cm³/mol. The minimum absolute atomic E-state index is 0.0959. The van der Waals surface area contributed by atoms with Crippen molar-refractivity contribution in [1.82, 2.24) is 5.32 Å². The Kier molecular flexibility index (Phi) is 3.94. The van der Waals surface area contributed by atoms with Crippen LogP contribution in [0.25, 0.3) is 5.57 Å². The molecule has 0 spiro atoms. The van der Waals surface area contributed by atoms with Crippen LogP contribution in [0.4, 0.5) is 0 Å². The minimum Gasteiger partial charge on any atom is -0.319 e. The highest BCUT2D eigenvalue weighted by Crippen LogP contribution is 2.48. The molecule has 0 heterocycles. The van der Waals surface area contributed by atoms with Crippen molar-refractivity contribution in [2.45, 2.75) is 25.2 Å². The zero-order valence-corrected chi connectivity index (χ0v) is 12.9. The van der Waals surface area contributed by atoms with E-state index in [1.807, 2.05) is 7.05 Å². The van der Waals surface area contributed by atoms with Crippen molar-refractivity contribution in [3.05, 3.63) is 77.4 Å². The van der Waals surface area contributed by atoms with Crippen LogP contribution in [0.15, 0.2) is 60.7 Å². The van der Waals surface area contributed by atoms with E-state index in [0.717, 1.165) is 19.4 Å². The average molecular weight is 277 g/mol. The van der Waals surface area contributed by atoms with Crippen LogP contribution < -0.4 is 5.32 Å². The molecule has 1 N–H and O–H groups in total. The van der Waals surface area contributed by atoms with Gasteiger partial charge in [0.1, 0.15) is 0 Å². The lowest BCUT2D eigenvalue weighted by atomic mass is 9.76. The fourth-order valence-corrected chi connectivity index (χ4v) is 3.47. The number of allylic oxidation sites excluding steroid dienone is 1. The fraction of sp³-hybridized carbons (Fsp3) is 0.300. The molecule has 0 amide bonds. The number of hydrogen-bond donors (Lipinski definition) is 1. The van der Waals surface area contributed by atoms with Crippen molar-refractivity contribution in [1.29, 1.82) is 0 Å². The third kappa shape index (κ3) is 2.54. The molecule has 0 bridgehead atoms. The summed E-state index contributed by atoms with van der Waals surface area (Å²) < 4.78 is 0. The third-order valence-electron chi connectivity index (χ3n) is 4.60. The summed E-state index contributed by atoms with van der Waals surface area (Å²) in [4.78, 5) is 0. The second kappa shape index (κ2) is 5.87. The van der Waals surface area contributed by atoms with Crippen LogP contribution in [0.3, 0.4) is 0 Å². The molecular weight excluding hydrogens is 254 g/mol.